The molecule has 77 heavy (non-hydrogen) atoms. The van der Waals surface area contributed by atoms with E-state index in [1.54, 1.807) is 0 Å². The number of carbonyl (C=O) groups excluding carboxylic acids is 7. The average molecular weight is 1100 g/mol. The Morgan fingerprint density at radius 2 is 0.571 bits per heavy atom. The van der Waals surface area contributed by atoms with E-state index in [0.29, 0.717) is 45.7 Å². The van der Waals surface area contributed by atoms with Gasteiger partial charge in [0.1, 0.15) is 6.04 Å². The van der Waals surface area contributed by atoms with Crippen molar-refractivity contribution in [3.63, 3.8) is 0 Å². The molecule has 0 spiro atoms. The van der Waals surface area contributed by atoms with Gasteiger partial charge in [0.05, 0.1) is 52.9 Å². The van der Waals surface area contributed by atoms with E-state index < -0.39 is 17.9 Å². The van der Waals surface area contributed by atoms with Gasteiger partial charge in [0, 0.05) is 77.8 Å². The van der Waals surface area contributed by atoms with Crippen molar-refractivity contribution in [2.24, 2.45) is 5.92 Å². The zero-order valence-corrected chi connectivity index (χ0v) is 49.2. The van der Waals surface area contributed by atoms with Crippen molar-refractivity contribution in [3.8, 4) is 0 Å². The average Bonchev–Trinajstić information content (AvgIpc) is 3.41. The lowest BCUT2D eigenvalue weighted by molar-refractivity contribution is -0.130. The van der Waals surface area contributed by atoms with Crippen molar-refractivity contribution in [1.82, 2.24) is 37.2 Å². The van der Waals surface area contributed by atoms with Gasteiger partial charge in [-0.15, -0.1) is 0 Å². The molecule has 0 aromatic heterocycles. The van der Waals surface area contributed by atoms with Gasteiger partial charge in [-0.05, 0) is 18.8 Å². The van der Waals surface area contributed by atoms with Crippen LogP contribution >= 0.6 is 0 Å². The summed E-state index contributed by atoms with van der Waals surface area (Å²) < 4.78 is 22.0. The lowest BCUT2D eigenvalue weighted by Gasteiger charge is -2.20. The highest BCUT2D eigenvalue weighted by atomic mass is 16.5. The molecule has 0 heterocycles. The molecule has 0 aliphatic rings. The normalized spacial score (nSPS) is 11.5. The van der Waals surface area contributed by atoms with Crippen molar-refractivity contribution in [2.75, 3.05) is 92.1 Å². The maximum atomic E-state index is 12.9. The van der Waals surface area contributed by atoms with Crippen LogP contribution in [0.4, 0.5) is 0 Å². The summed E-state index contributed by atoms with van der Waals surface area (Å²) in [6.07, 6.45) is 34.4. The number of unbranched alkanes of at least 4 members (excludes halogenated alkanes) is 24. The van der Waals surface area contributed by atoms with Crippen LogP contribution in [0.1, 0.15) is 233 Å². The standard InChI is InChI=1S/C59H113N7O11/c1-5-7-9-11-13-15-17-19-21-23-25-27-29-31-53(67)60-37-45-74-41-33-55(69)62-39-47-76-43-35-57(71)64-50-52(59(73)65-49-51(3)4)66-58(72)36-44-77-48-40-63-56(70)34-42-75-46-38-61-54(68)32-30-28-26-24-22-20-18-16-14-12-10-8-6-2/h51-52H,5-50H2,1-4H3,(H,60,67)(H,61,68)(H,62,69)(H,63,70)(H,64,71)(H,65,73)(H,66,72)/t52-/m0/s1. The molecule has 450 valence electrons. The van der Waals surface area contributed by atoms with Crippen LogP contribution in [0.2, 0.25) is 0 Å². The number of hydrogen-bond acceptors (Lipinski definition) is 11. The van der Waals surface area contributed by atoms with Gasteiger partial charge in [-0.2, -0.15) is 0 Å². The summed E-state index contributed by atoms with van der Waals surface area (Å²) in [5.41, 5.74) is 0. The number of ether oxygens (including phenoxy) is 4. The van der Waals surface area contributed by atoms with Crippen molar-refractivity contribution in [1.29, 1.82) is 0 Å². The van der Waals surface area contributed by atoms with Gasteiger partial charge < -0.3 is 56.2 Å². The van der Waals surface area contributed by atoms with Crippen molar-refractivity contribution in [2.45, 2.75) is 239 Å². The summed E-state index contributed by atoms with van der Waals surface area (Å²) in [4.78, 5) is 86.8. The second-order valence-electron chi connectivity index (χ2n) is 20.9. The van der Waals surface area contributed by atoms with Crippen molar-refractivity contribution in [3.05, 3.63) is 0 Å². The van der Waals surface area contributed by atoms with Gasteiger partial charge in [0.25, 0.3) is 0 Å². The first-order chi connectivity index (χ1) is 37.5. The molecule has 0 rings (SSSR count). The first kappa shape index (κ1) is 73.1. The summed E-state index contributed by atoms with van der Waals surface area (Å²) in [5.74, 6) is -1.38. The molecular weight excluding hydrogens is 983 g/mol. The highest BCUT2D eigenvalue weighted by Gasteiger charge is 2.22. The molecule has 0 fully saturated rings. The van der Waals surface area contributed by atoms with E-state index in [1.165, 1.54) is 141 Å². The quantitative estimate of drug-likeness (QED) is 0.0285. The van der Waals surface area contributed by atoms with Crippen LogP contribution < -0.4 is 37.2 Å². The Hall–Kier alpha value is -3.87. The predicted molar refractivity (Wildman–Crippen MR) is 307 cm³/mol. The van der Waals surface area contributed by atoms with E-state index in [1.807, 2.05) is 13.8 Å². The maximum absolute atomic E-state index is 12.9. The third kappa shape index (κ3) is 55.3. The zero-order chi connectivity index (χ0) is 56.5. The van der Waals surface area contributed by atoms with Crippen LogP contribution in [0, 0.1) is 5.92 Å². The van der Waals surface area contributed by atoms with Crippen LogP contribution in [0.5, 0.6) is 0 Å². The van der Waals surface area contributed by atoms with Gasteiger partial charge >= 0.3 is 0 Å². The minimum absolute atomic E-state index is 0.0165. The van der Waals surface area contributed by atoms with E-state index in [2.05, 4.69) is 51.1 Å². The molecule has 0 aromatic carbocycles. The molecule has 0 saturated heterocycles. The summed E-state index contributed by atoms with van der Waals surface area (Å²) >= 11 is 0. The maximum Gasteiger partial charge on any atom is 0.244 e. The summed E-state index contributed by atoms with van der Waals surface area (Å²) in [6, 6.07) is -1.01. The minimum Gasteiger partial charge on any atom is -0.379 e. The van der Waals surface area contributed by atoms with E-state index in [-0.39, 0.29) is 120 Å². The van der Waals surface area contributed by atoms with Crippen LogP contribution in [0.25, 0.3) is 0 Å². The molecule has 0 aromatic rings. The first-order valence-corrected chi connectivity index (χ1v) is 30.7. The highest BCUT2D eigenvalue weighted by molar-refractivity contribution is 5.88. The van der Waals surface area contributed by atoms with Gasteiger partial charge in [-0.1, -0.05) is 182 Å². The van der Waals surface area contributed by atoms with Gasteiger partial charge in [-0.25, -0.2) is 0 Å². The molecule has 0 saturated carbocycles. The lowest BCUT2D eigenvalue weighted by atomic mass is 10.0. The number of amides is 7. The Morgan fingerprint density at radius 3 is 0.883 bits per heavy atom. The van der Waals surface area contributed by atoms with Crippen LogP contribution in [0.15, 0.2) is 0 Å². The summed E-state index contributed by atoms with van der Waals surface area (Å²) in [7, 11) is 0. The van der Waals surface area contributed by atoms with Crippen molar-refractivity contribution >= 4 is 41.4 Å². The molecule has 0 aliphatic heterocycles. The van der Waals surface area contributed by atoms with E-state index in [0.717, 1.165) is 25.7 Å². The Bertz CT molecular complexity index is 1460. The Morgan fingerprint density at radius 1 is 0.299 bits per heavy atom. The Labute approximate surface area is 466 Å². The predicted octanol–water partition coefficient (Wildman–Crippen LogP) is 8.41. The van der Waals surface area contributed by atoms with Gasteiger partial charge in [0.2, 0.25) is 41.4 Å². The SMILES string of the molecule is CCCCCCCCCCCCCCCC(=O)NCCOCCC(=O)NCCOCCC(=O)NC[C@H](NC(=O)CCOCCNC(=O)CCOCCNC(=O)CCCCCCCCCCCCCCC)C(=O)NCC(C)C. The monoisotopic (exact) mass is 1100 g/mol. The van der Waals surface area contributed by atoms with Crippen LogP contribution in [0.3, 0.4) is 0 Å². The molecule has 7 amide bonds. The molecule has 0 bridgehead atoms. The fourth-order valence-corrected chi connectivity index (χ4v) is 8.29. The number of rotatable bonds is 58. The number of carbonyl (C=O) groups is 7. The lowest BCUT2D eigenvalue weighted by Crippen LogP contribution is -2.53. The molecule has 1 atom stereocenters. The molecule has 0 aliphatic carbocycles. The molecule has 18 nitrogen and oxygen atoms in total. The van der Waals surface area contributed by atoms with Crippen LogP contribution in [-0.4, -0.2) is 140 Å². The second kappa shape index (κ2) is 56.8. The third-order valence-electron chi connectivity index (χ3n) is 13.0. The van der Waals surface area contributed by atoms with E-state index >= 15 is 0 Å². The topological polar surface area (TPSA) is 241 Å². The first-order valence-electron chi connectivity index (χ1n) is 30.7. The van der Waals surface area contributed by atoms with Crippen LogP contribution in [-0.2, 0) is 52.5 Å². The van der Waals surface area contributed by atoms with E-state index in [4.69, 9.17) is 18.9 Å². The fraction of sp³-hybridized carbons (Fsp3) is 0.881. The number of hydrogen-bond donors (Lipinski definition) is 7. The second-order valence-corrected chi connectivity index (χ2v) is 20.9. The summed E-state index contributed by atoms with van der Waals surface area (Å²) in [6.45, 7) is 11.7. The molecular formula is C59H113N7O11. The third-order valence-corrected chi connectivity index (χ3v) is 13.0. The molecule has 0 unspecified atom stereocenters. The molecule has 0 radical (unpaired) electrons. The number of nitrogens with one attached hydrogen (secondary N) is 7. The van der Waals surface area contributed by atoms with Crippen molar-refractivity contribution < 1.29 is 52.5 Å². The van der Waals surface area contributed by atoms with Gasteiger partial charge in [-0.3, -0.25) is 33.6 Å². The smallest absolute Gasteiger partial charge is 0.244 e. The highest BCUT2D eigenvalue weighted by Crippen LogP contribution is 2.14. The summed E-state index contributed by atoms with van der Waals surface area (Å²) in [5, 5.41) is 19.4. The Kier molecular flexibility index (Phi) is 54.0. The Balaban J connectivity index is 3.95. The molecule has 7 N–H and O–H groups in total. The fourth-order valence-electron chi connectivity index (χ4n) is 8.29. The minimum atomic E-state index is -1.01. The molecule has 18 heteroatoms. The van der Waals surface area contributed by atoms with Gasteiger partial charge in [0.15, 0.2) is 0 Å². The van der Waals surface area contributed by atoms with E-state index in [9.17, 15) is 33.6 Å². The zero-order valence-electron chi connectivity index (χ0n) is 49.2. The largest absolute Gasteiger partial charge is 0.379 e.